The third-order valence-electron chi connectivity index (χ3n) is 4.40. The van der Waals surface area contributed by atoms with E-state index in [0.717, 1.165) is 35.1 Å². The minimum absolute atomic E-state index is 0.262. The monoisotopic (exact) mass is 396 g/mol. The molecule has 28 heavy (non-hydrogen) atoms. The summed E-state index contributed by atoms with van der Waals surface area (Å²) in [4.78, 5) is 16.7. The van der Waals surface area contributed by atoms with Crippen LogP contribution in [0.1, 0.15) is 36.2 Å². The normalized spacial score (nSPS) is 16.5. The van der Waals surface area contributed by atoms with Crippen LogP contribution in [0.4, 0.5) is 5.69 Å². The highest BCUT2D eigenvalue weighted by atomic mass is 32.2. The Balaban J connectivity index is 1.57. The van der Waals surface area contributed by atoms with E-state index in [9.17, 15) is 4.79 Å². The van der Waals surface area contributed by atoms with E-state index in [-0.39, 0.29) is 5.91 Å². The van der Waals surface area contributed by atoms with Crippen molar-refractivity contribution in [1.29, 1.82) is 0 Å². The van der Waals surface area contributed by atoms with Crippen molar-refractivity contribution in [3.63, 3.8) is 0 Å². The minimum atomic E-state index is -0.262. The lowest BCUT2D eigenvalue weighted by molar-refractivity contribution is 0.0955. The Hall–Kier alpha value is -2.80. The molecule has 6 nitrogen and oxygen atoms in total. The Kier molecular flexibility index (Phi) is 6.71. The molecule has 0 aromatic heterocycles. The zero-order chi connectivity index (χ0) is 19.9. The number of ether oxygens (including phenoxy) is 1. The highest BCUT2D eigenvalue weighted by molar-refractivity contribution is 8.15. The molecule has 1 aliphatic heterocycles. The van der Waals surface area contributed by atoms with Crippen LogP contribution in [-0.2, 0) is 0 Å². The third kappa shape index (κ3) is 5.13. The van der Waals surface area contributed by atoms with E-state index in [0.29, 0.717) is 16.6 Å². The van der Waals surface area contributed by atoms with Gasteiger partial charge in [0, 0.05) is 16.5 Å². The first-order valence-electron chi connectivity index (χ1n) is 9.16. The van der Waals surface area contributed by atoms with Gasteiger partial charge in [-0.2, -0.15) is 5.10 Å². The lowest BCUT2D eigenvalue weighted by atomic mass is 10.1. The first-order valence-corrected chi connectivity index (χ1v) is 10.0. The smallest absolute Gasteiger partial charge is 0.271 e. The van der Waals surface area contributed by atoms with E-state index in [1.165, 1.54) is 0 Å². The molecule has 2 N–H and O–H groups in total. The van der Waals surface area contributed by atoms with E-state index in [1.807, 2.05) is 31.2 Å². The van der Waals surface area contributed by atoms with Crippen LogP contribution in [0.25, 0.3) is 0 Å². The molecule has 2 aromatic carbocycles. The van der Waals surface area contributed by atoms with Crippen LogP contribution in [0.2, 0.25) is 0 Å². The molecule has 0 saturated heterocycles. The second kappa shape index (κ2) is 9.41. The molecule has 1 aliphatic rings. The second-order valence-corrected chi connectivity index (χ2v) is 7.65. The molecule has 1 heterocycles. The highest BCUT2D eigenvalue weighted by Crippen LogP contribution is 2.24. The van der Waals surface area contributed by atoms with Crippen molar-refractivity contribution in [3.05, 3.63) is 59.7 Å². The molecule has 3 rings (SSSR count). The summed E-state index contributed by atoms with van der Waals surface area (Å²) >= 11 is 1.79. The summed E-state index contributed by atoms with van der Waals surface area (Å²) in [5, 5.41) is 9.09. The van der Waals surface area contributed by atoms with Crippen LogP contribution < -0.4 is 15.5 Å². The fraction of sp³-hybridized carbons (Fsp3) is 0.286. The molecule has 1 atom stereocenters. The molecule has 0 bridgehead atoms. The van der Waals surface area contributed by atoms with Crippen molar-refractivity contribution in [2.75, 3.05) is 19.0 Å². The van der Waals surface area contributed by atoms with Gasteiger partial charge in [-0.25, -0.2) is 5.43 Å². The lowest BCUT2D eigenvalue weighted by Crippen LogP contribution is -2.19. The Bertz CT molecular complexity index is 876. The van der Waals surface area contributed by atoms with Gasteiger partial charge in [0.2, 0.25) is 0 Å². The fourth-order valence-electron chi connectivity index (χ4n) is 2.62. The number of benzene rings is 2. The third-order valence-corrected chi connectivity index (χ3v) is 5.67. The number of hydrogen-bond acceptors (Lipinski definition) is 6. The summed E-state index contributed by atoms with van der Waals surface area (Å²) in [6, 6.07) is 14.8. The van der Waals surface area contributed by atoms with Gasteiger partial charge in [0.15, 0.2) is 5.17 Å². The number of hydrogen-bond donors (Lipinski definition) is 2. The van der Waals surface area contributed by atoms with Gasteiger partial charge in [-0.1, -0.05) is 30.8 Å². The van der Waals surface area contributed by atoms with Gasteiger partial charge in [0.05, 0.1) is 19.4 Å². The molecule has 0 unspecified atom stereocenters. The van der Waals surface area contributed by atoms with Crippen molar-refractivity contribution < 1.29 is 9.53 Å². The van der Waals surface area contributed by atoms with Crippen molar-refractivity contribution in [3.8, 4) is 5.75 Å². The zero-order valence-corrected chi connectivity index (χ0v) is 17.0. The number of hydrazone groups is 1. The maximum absolute atomic E-state index is 12.2. The van der Waals surface area contributed by atoms with E-state index < -0.39 is 0 Å². The summed E-state index contributed by atoms with van der Waals surface area (Å²) in [6.07, 6.45) is 1.12. The summed E-state index contributed by atoms with van der Waals surface area (Å²) in [5.74, 6) is 0.444. The summed E-state index contributed by atoms with van der Waals surface area (Å²) in [7, 11) is 1.59. The predicted molar refractivity (Wildman–Crippen MR) is 117 cm³/mol. The number of nitrogens with zero attached hydrogens (tertiary/aromatic N) is 2. The molecule has 1 amide bonds. The molecule has 0 aliphatic carbocycles. The molecule has 0 saturated carbocycles. The average Bonchev–Trinajstić information content (AvgIpc) is 3.20. The van der Waals surface area contributed by atoms with Crippen LogP contribution in [0.3, 0.4) is 0 Å². The second-order valence-electron chi connectivity index (χ2n) is 6.36. The Labute approximate surface area is 169 Å². The van der Waals surface area contributed by atoms with Crippen LogP contribution in [0, 0.1) is 0 Å². The summed E-state index contributed by atoms with van der Waals surface area (Å²) < 4.78 is 5.09. The van der Waals surface area contributed by atoms with Crippen LogP contribution in [-0.4, -0.2) is 35.7 Å². The van der Waals surface area contributed by atoms with Crippen molar-refractivity contribution in [2.45, 2.75) is 25.5 Å². The van der Waals surface area contributed by atoms with Crippen molar-refractivity contribution in [2.24, 2.45) is 10.1 Å². The maximum atomic E-state index is 12.2. The molecule has 146 valence electrons. The molecule has 0 spiro atoms. The Morgan fingerprint density at radius 3 is 2.46 bits per heavy atom. The van der Waals surface area contributed by atoms with E-state index in [1.54, 1.807) is 43.1 Å². The number of aliphatic imine (C=N–C) groups is 1. The number of nitrogens with one attached hydrogen (secondary N) is 2. The number of anilines is 1. The first kappa shape index (κ1) is 19.9. The molecule has 0 radical (unpaired) electrons. The number of thioether (sulfide) groups is 1. The predicted octanol–water partition coefficient (Wildman–Crippen LogP) is 4.14. The Morgan fingerprint density at radius 2 is 1.86 bits per heavy atom. The SMILES string of the molecule is CC[C@H]1CN=C(Nc2ccc(/C(C)=N\NC(=O)c3ccc(OC)cc3)cc2)S1. The number of amidine groups is 1. The molecular weight excluding hydrogens is 372 g/mol. The topological polar surface area (TPSA) is 75.1 Å². The minimum Gasteiger partial charge on any atom is -0.497 e. The van der Waals surface area contributed by atoms with Gasteiger partial charge < -0.3 is 10.1 Å². The van der Waals surface area contributed by atoms with Gasteiger partial charge in [0.1, 0.15) is 5.75 Å². The molecule has 0 fully saturated rings. The summed E-state index contributed by atoms with van der Waals surface area (Å²) in [5.41, 5.74) is 5.77. The molecule has 2 aromatic rings. The maximum Gasteiger partial charge on any atom is 0.271 e. The van der Waals surface area contributed by atoms with E-state index >= 15 is 0 Å². The Morgan fingerprint density at radius 1 is 1.18 bits per heavy atom. The average molecular weight is 397 g/mol. The lowest BCUT2D eigenvalue weighted by Gasteiger charge is -2.08. The first-order chi connectivity index (χ1) is 13.6. The van der Waals surface area contributed by atoms with Gasteiger partial charge in [-0.15, -0.1) is 0 Å². The van der Waals surface area contributed by atoms with Crippen molar-refractivity contribution >= 4 is 34.2 Å². The standard InChI is InChI=1S/C21H24N4O2S/c1-4-19-13-22-21(28-19)23-17-9-5-15(6-10-17)14(2)24-25-20(26)16-7-11-18(27-3)12-8-16/h5-12,19H,4,13H2,1-3H3,(H,22,23)(H,25,26)/b24-14-/t19-/m0/s1. The molecular formula is C21H24N4O2S. The van der Waals surface area contributed by atoms with E-state index in [4.69, 9.17) is 4.74 Å². The highest BCUT2D eigenvalue weighted by Gasteiger charge is 2.17. The van der Waals surface area contributed by atoms with Crippen molar-refractivity contribution in [1.82, 2.24) is 5.43 Å². The van der Waals surface area contributed by atoms with Crippen LogP contribution >= 0.6 is 11.8 Å². The number of rotatable bonds is 6. The number of amides is 1. The summed E-state index contributed by atoms with van der Waals surface area (Å²) in [6.45, 7) is 4.92. The quantitative estimate of drug-likeness (QED) is 0.568. The van der Waals surface area contributed by atoms with Gasteiger partial charge in [-0.05, 0) is 55.3 Å². The van der Waals surface area contributed by atoms with Crippen LogP contribution in [0.15, 0.2) is 58.6 Å². The van der Waals surface area contributed by atoms with E-state index in [2.05, 4.69) is 27.8 Å². The number of carbonyl (C=O) groups excluding carboxylic acids is 1. The number of methoxy groups -OCH3 is 1. The zero-order valence-electron chi connectivity index (χ0n) is 16.2. The molecule has 7 heteroatoms. The fourth-order valence-corrected chi connectivity index (χ4v) is 3.58. The van der Waals surface area contributed by atoms with Crippen LogP contribution in [0.5, 0.6) is 5.75 Å². The van der Waals surface area contributed by atoms with Gasteiger partial charge >= 0.3 is 0 Å². The largest absolute Gasteiger partial charge is 0.497 e. The number of carbonyl (C=O) groups is 1. The van der Waals surface area contributed by atoms with Gasteiger partial charge in [0.25, 0.3) is 5.91 Å². The van der Waals surface area contributed by atoms with Gasteiger partial charge in [-0.3, -0.25) is 9.79 Å².